The minimum Gasteiger partial charge on any atom is -0.477 e. The van der Waals surface area contributed by atoms with Crippen LogP contribution in [0.2, 0.25) is 0 Å². The molecule has 2 rings (SSSR count). The summed E-state index contributed by atoms with van der Waals surface area (Å²) in [6.45, 7) is 1.76. The van der Waals surface area contributed by atoms with E-state index in [1.165, 1.54) is 6.07 Å². The van der Waals surface area contributed by atoms with Crippen molar-refractivity contribution in [2.75, 3.05) is 0 Å². The van der Waals surface area contributed by atoms with Gasteiger partial charge in [0.25, 0.3) is 0 Å². The number of fused-ring (bicyclic) bond motifs is 1. The Morgan fingerprint density at radius 3 is 2.69 bits per heavy atom. The van der Waals surface area contributed by atoms with Crippen LogP contribution in [0.4, 0.5) is 8.78 Å². The molecule has 0 atom stereocenters. The van der Waals surface area contributed by atoms with Gasteiger partial charge in [0, 0.05) is 11.5 Å². The van der Waals surface area contributed by atoms with Crippen LogP contribution in [0.1, 0.15) is 22.2 Å². The summed E-state index contributed by atoms with van der Waals surface area (Å²) >= 11 is 0.851. The second-order valence-corrected chi connectivity index (χ2v) is 4.35. The lowest BCUT2D eigenvalue weighted by atomic mass is 10.1. The standard InChI is InChI=1S/C11H8F2O2S/c1-2-6-7-3-5(12)4-8(13)9(7)16-10(6)11(14)15/h3-4H,2H2,1H3,(H,14,15). The van der Waals surface area contributed by atoms with E-state index >= 15 is 0 Å². The third-order valence-electron chi connectivity index (χ3n) is 2.36. The number of halogens is 2. The lowest BCUT2D eigenvalue weighted by Gasteiger charge is -1.97. The Bertz CT molecular complexity index is 575. The molecule has 2 aromatic rings. The summed E-state index contributed by atoms with van der Waals surface area (Å²) < 4.78 is 26.7. The topological polar surface area (TPSA) is 37.3 Å². The lowest BCUT2D eigenvalue weighted by Crippen LogP contribution is -1.96. The Hall–Kier alpha value is -1.49. The molecule has 0 fully saturated rings. The summed E-state index contributed by atoms with van der Waals surface area (Å²) in [7, 11) is 0. The van der Waals surface area contributed by atoms with E-state index in [2.05, 4.69) is 0 Å². The fourth-order valence-corrected chi connectivity index (χ4v) is 2.82. The van der Waals surface area contributed by atoms with E-state index in [1.54, 1.807) is 6.92 Å². The Labute approximate surface area is 94.1 Å². The molecule has 1 heterocycles. The number of carboxylic acid groups (broad SMARTS) is 1. The highest BCUT2D eigenvalue weighted by Crippen LogP contribution is 2.34. The number of hydrogen-bond acceptors (Lipinski definition) is 2. The van der Waals surface area contributed by atoms with Crippen LogP contribution >= 0.6 is 11.3 Å². The largest absolute Gasteiger partial charge is 0.477 e. The minimum absolute atomic E-state index is 0.0852. The first kappa shape index (κ1) is 11.0. The molecule has 16 heavy (non-hydrogen) atoms. The van der Waals surface area contributed by atoms with Crippen molar-refractivity contribution in [3.8, 4) is 0 Å². The average Bonchev–Trinajstić information content (AvgIpc) is 2.56. The third kappa shape index (κ3) is 1.57. The predicted octanol–water partition coefficient (Wildman–Crippen LogP) is 3.44. The van der Waals surface area contributed by atoms with Crippen LogP contribution in [-0.4, -0.2) is 11.1 Å². The second-order valence-electron chi connectivity index (χ2n) is 3.33. The zero-order chi connectivity index (χ0) is 11.9. The van der Waals surface area contributed by atoms with Crippen molar-refractivity contribution < 1.29 is 18.7 Å². The van der Waals surface area contributed by atoms with Crippen LogP contribution in [-0.2, 0) is 6.42 Å². The van der Waals surface area contributed by atoms with E-state index in [1.807, 2.05) is 0 Å². The van der Waals surface area contributed by atoms with Gasteiger partial charge in [0.2, 0.25) is 0 Å². The highest BCUT2D eigenvalue weighted by atomic mass is 32.1. The van der Waals surface area contributed by atoms with Gasteiger partial charge in [-0.15, -0.1) is 11.3 Å². The first-order valence-electron chi connectivity index (χ1n) is 4.68. The van der Waals surface area contributed by atoms with Crippen LogP contribution in [0.15, 0.2) is 12.1 Å². The van der Waals surface area contributed by atoms with E-state index < -0.39 is 17.6 Å². The third-order valence-corrected chi connectivity index (χ3v) is 3.60. The van der Waals surface area contributed by atoms with Crippen LogP contribution in [0.3, 0.4) is 0 Å². The maximum Gasteiger partial charge on any atom is 0.346 e. The summed E-state index contributed by atoms with van der Waals surface area (Å²) in [5.74, 6) is -2.49. The van der Waals surface area contributed by atoms with Gasteiger partial charge in [-0.3, -0.25) is 0 Å². The Kier molecular flexibility index (Phi) is 2.63. The molecule has 0 spiro atoms. The number of hydrogen-bond donors (Lipinski definition) is 1. The van der Waals surface area contributed by atoms with Gasteiger partial charge in [-0.25, -0.2) is 13.6 Å². The second kappa shape index (κ2) is 3.83. The van der Waals surface area contributed by atoms with Gasteiger partial charge in [0.05, 0.1) is 4.70 Å². The molecule has 0 aliphatic heterocycles. The summed E-state index contributed by atoms with van der Waals surface area (Å²) in [6.07, 6.45) is 0.435. The van der Waals surface area contributed by atoms with Crippen molar-refractivity contribution in [3.63, 3.8) is 0 Å². The smallest absolute Gasteiger partial charge is 0.346 e. The molecule has 0 bridgehead atoms. The summed E-state index contributed by atoms with van der Waals surface area (Å²) in [5, 5.41) is 9.32. The first-order valence-corrected chi connectivity index (χ1v) is 5.50. The Morgan fingerprint density at radius 1 is 1.44 bits per heavy atom. The van der Waals surface area contributed by atoms with Crippen LogP contribution < -0.4 is 0 Å². The van der Waals surface area contributed by atoms with E-state index in [9.17, 15) is 13.6 Å². The zero-order valence-electron chi connectivity index (χ0n) is 8.38. The monoisotopic (exact) mass is 242 g/mol. The molecule has 0 aliphatic rings. The number of benzene rings is 1. The average molecular weight is 242 g/mol. The quantitative estimate of drug-likeness (QED) is 0.875. The van der Waals surface area contributed by atoms with Crippen molar-refractivity contribution in [1.29, 1.82) is 0 Å². The highest BCUT2D eigenvalue weighted by molar-refractivity contribution is 7.21. The number of carbonyl (C=O) groups is 1. The SMILES string of the molecule is CCc1c(C(=O)O)sc2c(F)cc(F)cc12. The van der Waals surface area contributed by atoms with Gasteiger partial charge in [0.1, 0.15) is 16.5 Å². The number of carboxylic acids is 1. The molecule has 1 aromatic carbocycles. The van der Waals surface area contributed by atoms with Gasteiger partial charge in [0.15, 0.2) is 0 Å². The normalized spacial score (nSPS) is 10.9. The Balaban J connectivity index is 2.87. The molecule has 0 radical (unpaired) electrons. The molecule has 1 aromatic heterocycles. The maximum absolute atomic E-state index is 13.4. The first-order chi connectivity index (χ1) is 7.54. The van der Waals surface area contributed by atoms with E-state index in [0.717, 1.165) is 17.4 Å². The molecule has 0 unspecified atom stereocenters. The molecule has 1 N–H and O–H groups in total. The van der Waals surface area contributed by atoms with Crippen LogP contribution in [0.25, 0.3) is 10.1 Å². The zero-order valence-corrected chi connectivity index (χ0v) is 9.20. The molecule has 5 heteroatoms. The number of thiophene rings is 1. The molecule has 0 saturated heterocycles. The van der Waals surface area contributed by atoms with Gasteiger partial charge >= 0.3 is 5.97 Å². The van der Waals surface area contributed by atoms with Gasteiger partial charge < -0.3 is 5.11 Å². The molecule has 0 saturated carbocycles. The van der Waals surface area contributed by atoms with E-state index in [4.69, 9.17) is 5.11 Å². The summed E-state index contributed by atoms with van der Waals surface area (Å²) in [5.41, 5.74) is 0.492. The summed E-state index contributed by atoms with van der Waals surface area (Å²) in [6, 6.07) is 1.95. The molecule has 0 amide bonds. The van der Waals surface area contributed by atoms with Crippen molar-refractivity contribution >= 4 is 27.4 Å². The Morgan fingerprint density at radius 2 is 2.12 bits per heavy atom. The van der Waals surface area contributed by atoms with Gasteiger partial charge in [-0.1, -0.05) is 6.92 Å². The van der Waals surface area contributed by atoms with Crippen LogP contribution in [0.5, 0.6) is 0 Å². The lowest BCUT2D eigenvalue weighted by molar-refractivity contribution is 0.0701. The van der Waals surface area contributed by atoms with Crippen LogP contribution in [0, 0.1) is 11.6 Å². The fourth-order valence-electron chi connectivity index (χ4n) is 1.70. The van der Waals surface area contributed by atoms with Gasteiger partial charge in [-0.2, -0.15) is 0 Å². The van der Waals surface area contributed by atoms with E-state index in [0.29, 0.717) is 17.4 Å². The van der Waals surface area contributed by atoms with Crippen molar-refractivity contribution in [2.45, 2.75) is 13.3 Å². The van der Waals surface area contributed by atoms with Gasteiger partial charge in [-0.05, 0) is 18.1 Å². The summed E-state index contributed by atoms with van der Waals surface area (Å²) in [4.78, 5) is 11.0. The molecule has 2 nitrogen and oxygen atoms in total. The molecule has 0 aliphatic carbocycles. The maximum atomic E-state index is 13.4. The highest BCUT2D eigenvalue weighted by Gasteiger charge is 2.19. The molecule has 84 valence electrons. The predicted molar refractivity (Wildman–Crippen MR) is 58.1 cm³/mol. The van der Waals surface area contributed by atoms with Crippen molar-refractivity contribution in [1.82, 2.24) is 0 Å². The fraction of sp³-hybridized carbons (Fsp3) is 0.182. The van der Waals surface area contributed by atoms with Crippen molar-refractivity contribution in [2.24, 2.45) is 0 Å². The number of aromatic carboxylic acids is 1. The van der Waals surface area contributed by atoms with E-state index in [-0.39, 0.29) is 9.58 Å². The molecular formula is C11H8F2O2S. The minimum atomic E-state index is -1.10. The molecular weight excluding hydrogens is 234 g/mol. The van der Waals surface area contributed by atoms with Crippen molar-refractivity contribution in [3.05, 3.63) is 34.2 Å². The number of aryl methyl sites for hydroxylation is 1. The number of rotatable bonds is 2.